The van der Waals surface area contributed by atoms with Crippen LogP contribution in [0, 0.1) is 10.1 Å². The van der Waals surface area contributed by atoms with E-state index in [4.69, 9.17) is 5.11 Å². The lowest BCUT2D eigenvalue weighted by Crippen LogP contribution is -2.19. The van der Waals surface area contributed by atoms with E-state index in [9.17, 15) is 14.9 Å². The van der Waals surface area contributed by atoms with Crippen molar-refractivity contribution in [2.75, 3.05) is 13.6 Å². The Labute approximate surface area is 93.2 Å². The number of aliphatic carboxylic acids is 1. The molecule has 0 aliphatic rings. The van der Waals surface area contributed by atoms with Crippen LogP contribution in [0.1, 0.15) is 0 Å². The van der Waals surface area contributed by atoms with Crippen LogP contribution < -0.4 is 0 Å². The van der Waals surface area contributed by atoms with Crippen LogP contribution >= 0.6 is 11.3 Å². The van der Waals surface area contributed by atoms with Crippen LogP contribution in [0.3, 0.4) is 0 Å². The molecule has 16 heavy (non-hydrogen) atoms. The van der Waals surface area contributed by atoms with Gasteiger partial charge in [-0.25, -0.2) is 4.98 Å². The molecule has 1 N–H and O–H groups in total. The van der Waals surface area contributed by atoms with Gasteiger partial charge in [0.1, 0.15) is 12.7 Å². The van der Waals surface area contributed by atoms with Crippen molar-refractivity contribution in [3.05, 3.63) is 16.3 Å². The predicted octanol–water partition coefficient (Wildman–Crippen LogP) is 1.07. The van der Waals surface area contributed by atoms with Crippen molar-refractivity contribution in [1.29, 1.82) is 0 Å². The largest absolute Gasteiger partial charge is 0.480 e. The van der Waals surface area contributed by atoms with Crippen LogP contribution in [0.2, 0.25) is 0 Å². The van der Waals surface area contributed by atoms with E-state index in [1.165, 1.54) is 7.05 Å². The van der Waals surface area contributed by atoms with Gasteiger partial charge in [0.25, 0.3) is 0 Å². The number of likely N-dealkylation sites (N-methyl/N-ethyl adjacent to an activating group) is 1. The molecule has 0 spiro atoms. The van der Waals surface area contributed by atoms with Crippen molar-refractivity contribution in [1.82, 2.24) is 9.99 Å². The fourth-order valence-electron chi connectivity index (χ4n) is 0.729. The van der Waals surface area contributed by atoms with Crippen LogP contribution in [-0.4, -0.2) is 39.6 Å². The zero-order chi connectivity index (χ0) is 12.1. The summed E-state index contributed by atoms with van der Waals surface area (Å²) >= 11 is 0.757. The summed E-state index contributed by atoms with van der Waals surface area (Å²) in [5.41, 5.74) is 0. The van der Waals surface area contributed by atoms with Gasteiger partial charge in [0, 0.05) is 7.05 Å². The molecular weight excluding hydrogens is 238 g/mol. The van der Waals surface area contributed by atoms with Gasteiger partial charge in [-0.2, -0.15) is 0 Å². The number of aromatic nitrogens is 1. The van der Waals surface area contributed by atoms with E-state index in [1.54, 1.807) is 0 Å². The third-order valence-electron chi connectivity index (χ3n) is 1.31. The minimum atomic E-state index is -1.05. The summed E-state index contributed by atoms with van der Waals surface area (Å²) in [5.74, 6) is -1.05. The molecule has 0 fully saturated rings. The van der Waals surface area contributed by atoms with Gasteiger partial charge in [0.2, 0.25) is 5.13 Å². The molecule has 10 heteroatoms. The van der Waals surface area contributed by atoms with E-state index in [2.05, 4.69) is 15.3 Å². The number of nitro groups is 1. The molecule has 0 aliphatic heterocycles. The van der Waals surface area contributed by atoms with Crippen LogP contribution in [0.4, 0.5) is 10.1 Å². The van der Waals surface area contributed by atoms with Crippen LogP contribution in [0.25, 0.3) is 0 Å². The summed E-state index contributed by atoms with van der Waals surface area (Å²) in [6, 6.07) is 0. The summed E-state index contributed by atoms with van der Waals surface area (Å²) in [6.07, 6.45) is 1.07. The lowest BCUT2D eigenvalue weighted by molar-refractivity contribution is -0.380. The first kappa shape index (κ1) is 12.0. The molecular formula is C6H7N5O4S. The molecule has 0 unspecified atom stereocenters. The first-order valence-electron chi connectivity index (χ1n) is 3.94. The Kier molecular flexibility index (Phi) is 3.83. The number of hydrogen-bond donors (Lipinski definition) is 1. The first-order chi connectivity index (χ1) is 7.49. The molecule has 1 aromatic rings. The van der Waals surface area contributed by atoms with Crippen LogP contribution in [0.15, 0.2) is 16.5 Å². The minimum absolute atomic E-state index is 0.101. The zero-order valence-electron chi connectivity index (χ0n) is 8.10. The third-order valence-corrected chi connectivity index (χ3v) is 2.14. The van der Waals surface area contributed by atoms with Gasteiger partial charge >= 0.3 is 11.0 Å². The summed E-state index contributed by atoms with van der Waals surface area (Å²) < 4.78 is 0. The summed E-state index contributed by atoms with van der Waals surface area (Å²) in [6.45, 7) is -0.309. The minimum Gasteiger partial charge on any atom is -0.480 e. The monoisotopic (exact) mass is 245 g/mol. The summed E-state index contributed by atoms with van der Waals surface area (Å²) in [5, 5.41) is 26.8. The number of thiazole rings is 1. The Balaban J connectivity index is 2.62. The highest BCUT2D eigenvalue weighted by Crippen LogP contribution is 2.27. The Morgan fingerprint density at radius 3 is 3.00 bits per heavy atom. The number of carbonyl (C=O) groups is 1. The smallest absolute Gasteiger partial charge is 0.345 e. The van der Waals surface area contributed by atoms with Crippen molar-refractivity contribution in [2.24, 2.45) is 10.3 Å². The van der Waals surface area contributed by atoms with Crippen molar-refractivity contribution in [3.63, 3.8) is 0 Å². The fourth-order valence-corrected chi connectivity index (χ4v) is 1.28. The molecule has 0 saturated carbocycles. The topological polar surface area (TPSA) is 121 Å². The summed E-state index contributed by atoms with van der Waals surface area (Å²) in [7, 11) is 1.42. The van der Waals surface area contributed by atoms with Gasteiger partial charge in [-0.3, -0.25) is 19.9 Å². The number of carboxylic acids is 1. The average molecular weight is 245 g/mol. The molecule has 1 aromatic heterocycles. The van der Waals surface area contributed by atoms with E-state index in [1.807, 2.05) is 0 Å². The normalized spacial score (nSPS) is 10.6. The van der Waals surface area contributed by atoms with E-state index >= 15 is 0 Å². The lowest BCUT2D eigenvalue weighted by atomic mass is 10.7. The van der Waals surface area contributed by atoms with E-state index in [-0.39, 0.29) is 16.7 Å². The maximum Gasteiger partial charge on any atom is 0.345 e. The Morgan fingerprint density at radius 2 is 2.50 bits per heavy atom. The molecule has 0 atom stereocenters. The van der Waals surface area contributed by atoms with E-state index in [0.717, 1.165) is 22.5 Å². The Hall–Kier alpha value is -2.10. The second-order valence-electron chi connectivity index (χ2n) is 2.64. The van der Waals surface area contributed by atoms with Gasteiger partial charge in [-0.05, 0) is 11.3 Å². The molecule has 1 heterocycles. The highest BCUT2D eigenvalue weighted by atomic mass is 32.1. The van der Waals surface area contributed by atoms with Gasteiger partial charge in [-0.1, -0.05) is 5.22 Å². The zero-order valence-corrected chi connectivity index (χ0v) is 8.92. The third kappa shape index (κ3) is 3.57. The van der Waals surface area contributed by atoms with Crippen LogP contribution in [0.5, 0.6) is 0 Å². The maximum absolute atomic E-state index is 10.3. The molecule has 86 valence electrons. The van der Waals surface area contributed by atoms with E-state index in [0.29, 0.717) is 0 Å². The van der Waals surface area contributed by atoms with Gasteiger partial charge < -0.3 is 5.11 Å². The molecule has 0 aliphatic carbocycles. The Morgan fingerprint density at radius 1 is 1.81 bits per heavy atom. The standard InChI is InChI=1S/C6H7N5O4S/c1-10(3-5(12)13)9-8-6-7-2-4(16-6)11(14)15/h2H,3H2,1H3,(H,12,13)/b9-8+. The van der Waals surface area contributed by atoms with Crippen molar-refractivity contribution < 1.29 is 14.8 Å². The number of nitrogens with zero attached hydrogens (tertiary/aromatic N) is 5. The maximum atomic E-state index is 10.3. The predicted molar refractivity (Wildman–Crippen MR) is 53.6 cm³/mol. The average Bonchev–Trinajstić information content (AvgIpc) is 2.61. The van der Waals surface area contributed by atoms with Gasteiger partial charge in [0.15, 0.2) is 0 Å². The molecule has 1 rings (SSSR count). The molecule has 0 saturated heterocycles. The molecule has 9 nitrogen and oxygen atoms in total. The van der Waals surface area contributed by atoms with E-state index < -0.39 is 10.9 Å². The second-order valence-corrected chi connectivity index (χ2v) is 3.62. The van der Waals surface area contributed by atoms with Crippen molar-refractivity contribution in [3.8, 4) is 0 Å². The molecule has 0 amide bonds. The number of carboxylic acid groups (broad SMARTS) is 1. The van der Waals surface area contributed by atoms with Gasteiger partial charge in [0.05, 0.1) is 4.92 Å². The van der Waals surface area contributed by atoms with Crippen molar-refractivity contribution in [2.45, 2.75) is 0 Å². The highest BCUT2D eigenvalue weighted by molar-refractivity contribution is 7.18. The fraction of sp³-hybridized carbons (Fsp3) is 0.333. The van der Waals surface area contributed by atoms with Gasteiger partial charge in [-0.15, -0.1) is 5.11 Å². The Bertz CT molecular complexity index is 430. The quantitative estimate of drug-likeness (QED) is 0.470. The lowest BCUT2D eigenvalue weighted by Gasteiger charge is -2.05. The molecule has 0 radical (unpaired) electrons. The van der Waals surface area contributed by atoms with Crippen LogP contribution in [-0.2, 0) is 4.79 Å². The number of rotatable bonds is 5. The highest BCUT2D eigenvalue weighted by Gasteiger charge is 2.11. The summed E-state index contributed by atoms with van der Waals surface area (Å²) in [4.78, 5) is 23.6. The van der Waals surface area contributed by atoms with Crippen molar-refractivity contribution >= 4 is 27.4 Å². The second kappa shape index (κ2) is 5.11. The molecule has 0 aromatic carbocycles. The number of hydrogen-bond acceptors (Lipinski definition) is 7. The SMILES string of the molecule is CN(CC(=O)O)/N=N/c1ncc([N+](=O)[O-])s1. The first-order valence-corrected chi connectivity index (χ1v) is 4.75. The molecule has 0 bridgehead atoms.